The Labute approximate surface area is 89.7 Å². The molecule has 2 heteroatoms. The van der Waals surface area contributed by atoms with Crippen molar-refractivity contribution in [2.24, 2.45) is 10.8 Å². The van der Waals surface area contributed by atoms with E-state index in [-0.39, 0.29) is 0 Å². The maximum atomic E-state index is 6.47. The Morgan fingerprint density at radius 1 is 0.833 bits per heavy atom. The van der Waals surface area contributed by atoms with Crippen LogP contribution in [0.1, 0.15) is 41.5 Å². The van der Waals surface area contributed by atoms with E-state index in [2.05, 4.69) is 41.5 Å². The molecule has 0 atom stereocenters. The van der Waals surface area contributed by atoms with Crippen molar-refractivity contribution in [3.05, 3.63) is 0 Å². The minimum absolute atomic E-state index is 0.458. The van der Waals surface area contributed by atoms with Crippen molar-refractivity contribution in [3.63, 3.8) is 0 Å². The fraction of sp³-hybridized carbons (Fsp3) is 1.00. The Bertz CT molecular complexity index is 114. The van der Waals surface area contributed by atoms with Gasteiger partial charge in [0.2, 0.25) is 0 Å². The fourth-order valence-electron chi connectivity index (χ4n) is 1.40. The topological polar surface area (TPSA) is 0 Å². The monoisotopic (exact) mass is 382 g/mol. The molecule has 0 rings (SSSR count). The second-order valence-corrected chi connectivity index (χ2v) is 19.4. The van der Waals surface area contributed by atoms with Crippen LogP contribution in [-0.4, -0.2) is 21.5 Å². The number of rotatable bonds is 2. The fourth-order valence-corrected chi connectivity index (χ4v) is 20.4. The predicted molar refractivity (Wildman–Crippen MR) is 60.1 cm³/mol. The van der Waals surface area contributed by atoms with Crippen LogP contribution in [0.5, 0.6) is 0 Å². The van der Waals surface area contributed by atoms with E-state index in [1.54, 1.807) is 0 Å². The van der Waals surface area contributed by atoms with Crippen LogP contribution in [0, 0.1) is 10.8 Å². The summed E-state index contributed by atoms with van der Waals surface area (Å²) in [6, 6.07) is 0. The Morgan fingerprint density at radius 3 is 1.25 bits per heavy atom. The summed E-state index contributed by atoms with van der Waals surface area (Å²) in [5.41, 5.74) is 0.915. The van der Waals surface area contributed by atoms with Crippen LogP contribution < -0.4 is 0 Å². The van der Waals surface area contributed by atoms with E-state index in [0.717, 1.165) is 0 Å². The molecule has 72 valence electrons. The van der Waals surface area contributed by atoms with Gasteiger partial charge >= 0.3 is 90.1 Å². The molecule has 0 bridgehead atoms. The molecule has 0 saturated carbocycles. The molecule has 0 amide bonds. The van der Waals surface area contributed by atoms with Crippen LogP contribution in [0.2, 0.25) is 7.96 Å². The summed E-state index contributed by atoms with van der Waals surface area (Å²) in [6.07, 6.45) is 0. The Balaban J connectivity index is 3.83. The number of halogens is 1. The maximum absolute atomic E-state index is 6.47. The average molecular weight is 382 g/mol. The number of hydrogen-bond donors (Lipinski definition) is 0. The van der Waals surface area contributed by atoms with Crippen LogP contribution >= 0.6 is 8.32 Å². The molecular weight excluding hydrogens is 360 g/mol. The molecule has 0 aromatic carbocycles. The van der Waals surface area contributed by atoms with Crippen LogP contribution in [0.3, 0.4) is 0 Å². The zero-order chi connectivity index (χ0) is 9.99. The summed E-state index contributed by atoms with van der Waals surface area (Å²) in [4.78, 5) is 0. The van der Waals surface area contributed by atoms with Gasteiger partial charge in [-0.25, -0.2) is 0 Å². The summed E-state index contributed by atoms with van der Waals surface area (Å²) in [5.74, 6) is 0. The van der Waals surface area contributed by atoms with Gasteiger partial charge in [0, 0.05) is 0 Å². The van der Waals surface area contributed by atoms with Gasteiger partial charge in [0.05, 0.1) is 0 Å². The standard InChI is InChI=1S/2C5H11.ClH.Tl/c2*1-5(2,3)4;;/h2*1H2,2-4H3;1H;/q;;;+1/p-1. The molecule has 0 aliphatic rings. The van der Waals surface area contributed by atoms with Crippen LogP contribution in [0.15, 0.2) is 0 Å². The first kappa shape index (κ1) is 13.2. The molecule has 0 aromatic heterocycles. The molecule has 0 heterocycles. The molecule has 0 aromatic rings. The molecule has 0 aliphatic carbocycles. The Morgan fingerprint density at radius 2 is 1.08 bits per heavy atom. The van der Waals surface area contributed by atoms with E-state index in [9.17, 15) is 0 Å². The summed E-state index contributed by atoms with van der Waals surface area (Å²) in [5, 5.41) is 0. The van der Waals surface area contributed by atoms with Crippen molar-refractivity contribution in [2.45, 2.75) is 49.5 Å². The summed E-state index contributed by atoms with van der Waals surface area (Å²) >= 11 is -1.76. The Kier molecular flexibility index (Phi) is 5.10. The van der Waals surface area contributed by atoms with Crippen molar-refractivity contribution in [2.75, 3.05) is 0 Å². The van der Waals surface area contributed by atoms with Gasteiger partial charge in [0.1, 0.15) is 0 Å². The van der Waals surface area contributed by atoms with Gasteiger partial charge in [0.15, 0.2) is 0 Å². The van der Waals surface area contributed by atoms with Crippen molar-refractivity contribution in [1.82, 2.24) is 0 Å². The average Bonchev–Trinajstić information content (AvgIpc) is 1.49. The van der Waals surface area contributed by atoms with Crippen molar-refractivity contribution in [1.29, 1.82) is 0 Å². The van der Waals surface area contributed by atoms with Crippen LogP contribution in [0.25, 0.3) is 0 Å². The van der Waals surface area contributed by atoms with Crippen LogP contribution in [0.4, 0.5) is 0 Å². The van der Waals surface area contributed by atoms with Gasteiger partial charge in [-0.2, -0.15) is 0 Å². The molecule has 0 nitrogen and oxygen atoms in total. The first-order valence-electron chi connectivity index (χ1n) is 4.74. The molecule has 0 unspecified atom stereocenters. The van der Waals surface area contributed by atoms with E-state index in [1.165, 1.54) is 7.96 Å². The second kappa shape index (κ2) is 4.63. The van der Waals surface area contributed by atoms with Crippen LogP contribution in [-0.2, 0) is 0 Å². The number of hydrogen-bond acceptors (Lipinski definition) is 0. The third kappa shape index (κ3) is 9.30. The van der Waals surface area contributed by atoms with E-state index in [0.29, 0.717) is 10.8 Å². The van der Waals surface area contributed by atoms with Gasteiger partial charge in [-0.05, 0) is 0 Å². The zero-order valence-corrected chi connectivity index (χ0v) is 14.6. The minimum atomic E-state index is -1.76. The molecule has 12 heavy (non-hydrogen) atoms. The van der Waals surface area contributed by atoms with E-state index in [1.807, 2.05) is 0 Å². The van der Waals surface area contributed by atoms with E-state index >= 15 is 0 Å². The van der Waals surface area contributed by atoms with E-state index < -0.39 is 21.5 Å². The summed E-state index contributed by atoms with van der Waals surface area (Å²) in [7, 11) is 6.47. The van der Waals surface area contributed by atoms with Gasteiger partial charge in [-0.3, -0.25) is 0 Å². The van der Waals surface area contributed by atoms with Crippen molar-refractivity contribution in [3.8, 4) is 0 Å². The van der Waals surface area contributed by atoms with Gasteiger partial charge in [-0.15, -0.1) is 0 Å². The Hall–Kier alpha value is 1.21. The summed E-state index contributed by atoms with van der Waals surface area (Å²) < 4.78 is 2.65. The quantitative estimate of drug-likeness (QED) is 0.625. The predicted octanol–water partition coefficient (Wildman–Crippen LogP) is 4.31. The molecule has 0 fully saturated rings. The normalized spacial score (nSPS) is 13.2. The second-order valence-electron chi connectivity index (χ2n) is 6.13. The molecule has 0 radical (unpaired) electrons. The van der Waals surface area contributed by atoms with Crippen molar-refractivity contribution < 1.29 is 0 Å². The molecule has 0 aliphatic heterocycles. The van der Waals surface area contributed by atoms with E-state index in [4.69, 9.17) is 8.32 Å². The molecule has 0 N–H and O–H groups in total. The first-order valence-corrected chi connectivity index (χ1v) is 16.6. The van der Waals surface area contributed by atoms with Gasteiger partial charge in [0.25, 0.3) is 0 Å². The SMILES string of the molecule is CC(C)(C)[CH2][Tl]([Cl])[CH2]C(C)(C)C. The van der Waals surface area contributed by atoms with Gasteiger partial charge < -0.3 is 0 Å². The molecule has 0 saturated heterocycles. The molecule has 0 spiro atoms. The zero-order valence-electron chi connectivity index (χ0n) is 9.37. The third-order valence-corrected chi connectivity index (χ3v) is 17.3. The molecular formula is C10H22ClTl. The third-order valence-electron chi connectivity index (χ3n) is 1.67. The van der Waals surface area contributed by atoms with Gasteiger partial charge in [-0.1, -0.05) is 0 Å². The summed E-state index contributed by atoms with van der Waals surface area (Å²) in [6.45, 7) is 13.8. The van der Waals surface area contributed by atoms with Crippen molar-refractivity contribution >= 4 is 29.8 Å². The first-order chi connectivity index (χ1) is 5.10.